The zero-order valence-corrected chi connectivity index (χ0v) is 17.1. The highest BCUT2D eigenvalue weighted by molar-refractivity contribution is 7.89. The summed E-state index contributed by atoms with van der Waals surface area (Å²) < 4.78 is 24.7. The smallest absolute Gasteiger partial charge is 0.239 e. The van der Waals surface area contributed by atoms with Crippen LogP contribution < -0.4 is 10.0 Å². The predicted octanol–water partition coefficient (Wildman–Crippen LogP) is 2.62. The summed E-state index contributed by atoms with van der Waals surface area (Å²) >= 11 is 0. The number of aryl methyl sites for hydroxylation is 1. The Morgan fingerprint density at radius 3 is 2.36 bits per heavy atom. The van der Waals surface area contributed by atoms with Gasteiger partial charge in [-0.2, -0.15) is 0 Å². The Hall–Kier alpha value is -2.00. The molecule has 0 spiro atoms. The van der Waals surface area contributed by atoms with Crippen LogP contribution in [0.2, 0.25) is 0 Å². The Kier molecular flexibility index (Phi) is 5.37. The molecule has 0 atom stereocenters. The summed E-state index contributed by atoms with van der Waals surface area (Å²) in [6.07, 6.45) is 9.10. The number of piperidine rings is 1. The summed E-state index contributed by atoms with van der Waals surface area (Å²) in [6.45, 7) is 3.55. The van der Waals surface area contributed by atoms with Crippen molar-refractivity contribution in [3.05, 3.63) is 17.7 Å². The van der Waals surface area contributed by atoms with Gasteiger partial charge in [-0.3, -0.25) is 0 Å². The Labute approximate surface area is 165 Å². The highest BCUT2D eigenvalue weighted by atomic mass is 32.2. The van der Waals surface area contributed by atoms with Gasteiger partial charge >= 0.3 is 0 Å². The zero-order valence-electron chi connectivity index (χ0n) is 16.3. The van der Waals surface area contributed by atoms with Gasteiger partial charge in [0.25, 0.3) is 0 Å². The fraction of sp³-hybridized carbons (Fsp3) is 0.632. The van der Waals surface area contributed by atoms with E-state index in [4.69, 9.17) is 5.14 Å². The Morgan fingerprint density at radius 1 is 1.07 bits per heavy atom. The van der Waals surface area contributed by atoms with E-state index in [9.17, 15) is 8.42 Å². The second-order valence-electron chi connectivity index (χ2n) is 8.12. The molecular formula is C19H28N6O2S. The fourth-order valence-electron chi connectivity index (χ4n) is 5.02. The lowest BCUT2D eigenvalue weighted by Crippen LogP contribution is -2.37. The van der Waals surface area contributed by atoms with Crippen LogP contribution in [-0.4, -0.2) is 42.1 Å². The molecule has 2 fully saturated rings. The van der Waals surface area contributed by atoms with Crippen LogP contribution in [0.4, 0.5) is 5.69 Å². The van der Waals surface area contributed by atoms with Crippen LogP contribution in [0, 0.1) is 18.8 Å². The zero-order chi connectivity index (χ0) is 19.7. The molecule has 1 saturated carbocycles. The second-order valence-corrected chi connectivity index (χ2v) is 9.62. The third kappa shape index (κ3) is 3.77. The molecule has 0 unspecified atom stereocenters. The third-order valence-corrected chi connectivity index (χ3v) is 7.49. The van der Waals surface area contributed by atoms with Crippen LogP contribution in [0.3, 0.4) is 0 Å². The number of nitrogens with one attached hydrogen (secondary N) is 1. The highest BCUT2D eigenvalue weighted by Gasteiger charge is 2.31. The minimum Gasteiger partial charge on any atom is -0.371 e. The van der Waals surface area contributed by atoms with E-state index in [1.54, 1.807) is 6.92 Å². The summed E-state index contributed by atoms with van der Waals surface area (Å²) in [5.41, 5.74) is 1.90. The van der Waals surface area contributed by atoms with Crippen LogP contribution in [-0.2, 0) is 10.0 Å². The summed E-state index contributed by atoms with van der Waals surface area (Å²) in [5.74, 6) is 1.96. The SMILES string of the molecule is Cc1ccc(N2CCC(C3CCCCC3)CC2)c(-c2nnn[nH]2)c1S(N)(=O)=O. The van der Waals surface area contributed by atoms with E-state index in [1.807, 2.05) is 12.1 Å². The number of aromatic nitrogens is 4. The van der Waals surface area contributed by atoms with Crippen molar-refractivity contribution in [3.8, 4) is 11.4 Å². The molecular weight excluding hydrogens is 376 g/mol. The standard InChI is InChI=1S/C19H28N6O2S/c1-13-7-8-16(17(18(13)28(20,26)27)19-21-23-24-22-19)25-11-9-15(10-12-25)14-5-3-2-4-6-14/h7-8,14-15H,2-6,9-12H2,1H3,(H2,20,26,27)(H,21,22,23,24). The molecule has 2 heterocycles. The Morgan fingerprint density at radius 2 is 1.75 bits per heavy atom. The van der Waals surface area contributed by atoms with Gasteiger partial charge in [0.05, 0.1) is 10.5 Å². The molecule has 1 saturated heterocycles. The average Bonchev–Trinajstić information content (AvgIpc) is 3.22. The van der Waals surface area contributed by atoms with E-state index in [0.717, 1.165) is 43.5 Å². The summed E-state index contributed by atoms with van der Waals surface area (Å²) in [6, 6.07) is 3.78. The number of rotatable bonds is 4. The van der Waals surface area contributed by atoms with Gasteiger partial charge in [0.1, 0.15) is 0 Å². The molecule has 4 rings (SSSR count). The maximum atomic E-state index is 12.3. The Balaban J connectivity index is 1.65. The topological polar surface area (TPSA) is 118 Å². The number of hydrogen-bond donors (Lipinski definition) is 2. The van der Waals surface area contributed by atoms with Crippen molar-refractivity contribution >= 4 is 15.7 Å². The lowest BCUT2D eigenvalue weighted by atomic mass is 9.76. The number of tetrazole rings is 1. The van der Waals surface area contributed by atoms with Crippen molar-refractivity contribution in [1.82, 2.24) is 20.6 Å². The molecule has 2 aromatic rings. The van der Waals surface area contributed by atoms with E-state index in [2.05, 4.69) is 25.5 Å². The molecule has 2 aliphatic rings. The largest absolute Gasteiger partial charge is 0.371 e. The number of nitrogens with two attached hydrogens (primary N) is 1. The van der Waals surface area contributed by atoms with Crippen LogP contribution in [0.5, 0.6) is 0 Å². The quantitative estimate of drug-likeness (QED) is 0.809. The van der Waals surface area contributed by atoms with Gasteiger partial charge in [0.15, 0.2) is 5.82 Å². The van der Waals surface area contributed by atoms with E-state index >= 15 is 0 Å². The van der Waals surface area contributed by atoms with Crippen LogP contribution in [0.1, 0.15) is 50.5 Å². The first-order valence-electron chi connectivity index (χ1n) is 10.1. The number of aromatic amines is 1. The number of H-pyrrole nitrogens is 1. The first-order chi connectivity index (χ1) is 13.4. The molecule has 0 radical (unpaired) electrons. The Bertz CT molecular complexity index is 914. The van der Waals surface area contributed by atoms with Crippen molar-refractivity contribution in [2.24, 2.45) is 17.0 Å². The minimum atomic E-state index is -3.92. The van der Waals surface area contributed by atoms with Crippen LogP contribution in [0.25, 0.3) is 11.4 Å². The van der Waals surface area contributed by atoms with Gasteiger partial charge < -0.3 is 4.90 Å². The fourth-order valence-corrected chi connectivity index (χ4v) is 6.02. The number of nitrogens with zero attached hydrogens (tertiary/aromatic N) is 4. The predicted molar refractivity (Wildman–Crippen MR) is 107 cm³/mol. The van der Waals surface area contributed by atoms with Gasteiger partial charge in [-0.15, -0.1) is 5.10 Å². The molecule has 3 N–H and O–H groups in total. The molecule has 152 valence electrons. The summed E-state index contributed by atoms with van der Waals surface area (Å²) in [4.78, 5) is 2.35. The van der Waals surface area contributed by atoms with Crippen molar-refractivity contribution in [3.63, 3.8) is 0 Å². The van der Waals surface area contributed by atoms with Crippen molar-refractivity contribution in [1.29, 1.82) is 0 Å². The average molecular weight is 405 g/mol. The first kappa shape index (κ1) is 19.3. The van der Waals surface area contributed by atoms with Gasteiger partial charge in [-0.1, -0.05) is 38.2 Å². The number of primary sulfonamides is 1. The van der Waals surface area contributed by atoms with Gasteiger partial charge in [-0.25, -0.2) is 18.7 Å². The van der Waals surface area contributed by atoms with Crippen molar-refractivity contribution in [2.45, 2.75) is 56.8 Å². The molecule has 1 aliphatic carbocycles. The van der Waals surface area contributed by atoms with E-state index < -0.39 is 10.0 Å². The van der Waals surface area contributed by atoms with Gasteiger partial charge in [0, 0.05) is 18.8 Å². The molecule has 0 bridgehead atoms. The summed E-state index contributed by atoms with van der Waals surface area (Å²) in [7, 11) is -3.92. The summed E-state index contributed by atoms with van der Waals surface area (Å²) in [5, 5.41) is 19.5. The van der Waals surface area contributed by atoms with Crippen LogP contribution >= 0.6 is 0 Å². The molecule has 1 aromatic heterocycles. The van der Waals surface area contributed by atoms with Crippen molar-refractivity contribution < 1.29 is 8.42 Å². The number of anilines is 1. The molecule has 1 aliphatic heterocycles. The molecule has 9 heteroatoms. The van der Waals surface area contributed by atoms with Gasteiger partial charge in [-0.05, 0) is 53.7 Å². The highest BCUT2D eigenvalue weighted by Crippen LogP contribution is 2.40. The normalized spacial score (nSPS) is 19.9. The number of benzene rings is 1. The molecule has 1 aromatic carbocycles. The van der Waals surface area contributed by atoms with Crippen LogP contribution in [0.15, 0.2) is 17.0 Å². The molecule has 8 nitrogen and oxygen atoms in total. The number of hydrogen-bond acceptors (Lipinski definition) is 6. The van der Waals surface area contributed by atoms with E-state index in [1.165, 1.54) is 32.1 Å². The monoisotopic (exact) mass is 404 g/mol. The minimum absolute atomic E-state index is 0.0953. The van der Waals surface area contributed by atoms with Crippen molar-refractivity contribution in [2.75, 3.05) is 18.0 Å². The number of sulfonamides is 1. The third-order valence-electron chi connectivity index (χ3n) is 6.40. The molecule has 28 heavy (non-hydrogen) atoms. The van der Waals surface area contributed by atoms with Gasteiger partial charge in [0.2, 0.25) is 10.0 Å². The van der Waals surface area contributed by atoms with E-state index in [-0.39, 0.29) is 4.90 Å². The second kappa shape index (κ2) is 7.79. The van der Waals surface area contributed by atoms with E-state index in [0.29, 0.717) is 17.0 Å². The lowest BCUT2D eigenvalue weighted by molar-refractivity contribution is 0.213. The first-order valence-corrected chi connectivity index (χ1v) is 11.6. The lowest BCUT2D eigenvalue weighted by Gasteiger charge is -2.39. The maximum Gasteiger partial charge on any atom is 0.239 e. The maximum absolute atomic E-state index is 12.3. The molecule has 0 amide bonds.